The van der Waals surface area contributed by atoms with Crippen molar-refractivity contribution in [3.63, 3.8) is 0 Å². The molecular weight excluding hydrogens is 439 g/mol. The number of alkyl carbamates (subject to hydrolysis) is 1. The fourth-order valence-electron chi connectivity index (χ4n) is 2.56. The van der Waals surface area contributed by atoms with Crippen LogP contribution in [0.2, 0.25) is 0 Å². The summed E-state index contributed by atoms with van der Waals surface area (Å²) >= 11 is 5.28. The van der Waals surface area contributed by atoms with Crippen LogP contribution in [-0.4, -0.2) is 42.0 Å². The summed E-state index contributed by atoms with van der Waals surface area (Å²) in [5.74, 6) is -2.31. The second-order valence-electron chi connectivity index (χ2n) is 5.84. The standard InChI is InChI=1S/C19H20F3N3O5S/c1-3-28-16(26)15-13(7-8-23-15)25(18(31)24-19(27)29-4-2)10-11-5-6-12(20)14(9-11)30-17(21)22/h5-9,17,23H,3-4,10H2,1-2H3,(H,24,27,31). The molecule has 0 fully saturated rings. The predicted octanol–water partition coefficient (Wildman–Crippen LogP) is 3.97. The number of thiocarbonyl (C=S) groups is 1. The van der Waals surface area contributed by atoms with Crippen molar-refractivity contribution < 1.29 is 37.0 Å². The van der Waals surface area contributed by atoms with Crippen LogP contribution in [0.3, 0.4) is 0 Å². The largest absolute Gasteiger partial charge is 0.461 e. The minimum atomic E-state index is -3.22. The lowest BCUT2D eigenvalue weighted by atomic mass is 10.2. The summed E-state index contributed by atoms with van der Waals surface area (Å²) in [6.07, 6.45) is 0.629. The molecular formula is C19H20F3N3O5S. The molecule has 2 rings (SSSR count). The molecule has 0 atom stereocenters. The Morgan fingerprint density at radius 1 is 1.19 bits per heavy atom. The SMILES string of the molecule is CCOC(=O)NC(=S)N(Cc1ccc(F)c(OC(F)F)c1)c1cc[nH]c1C(=O)OCC. The third-order valence-corrected chi connectivity index (χ3v) is 4.10. The molecule has 0 unspecified atom stereocenters. The predicted molar refractivity (Wildman–Crippen MR) is 109 cm³/mol. The van der Waals surface area contributed by atoms with Crippen LogP contribution in [-0.2, 0) is 16.0 Å². The lowest BCUT2D eigenvalue weighted by molar-refractivity contribution is -0.0522. The van der Waals surface area contributed by atoms with Crippen molar-refractivity contribution in [3.8, 4) is 5.75 Å². The van der Waals surface area contributed by atoms with E-state index in [1.807, 2.05) is 0 Å². The zero-order valence-corrected chi connectivity index (χ0v) is 17.4. The first-order valence-corrected chi connectivity index (χ1v) is 9.50. The van der Waals surface area contributed by atoms with Gasteiger partial charge in [-0.25, -0.2) is 14.0 Å². The molecule has 0 bridgehead atoms. The maximum atomic E-state index is 13.8. The number of rotatable bonds is 8. The van der Waals surface area contributed by atoms with Gasteiger partial charge >= 0.3 is 18.7 Å². The number of H-pyrrole nitrogens is 1. The van der Waals surface area contributed by atoms with Crippen molar-refractivity contribution in [1.29, 1.82) is 0 Å². The number of aromatic amines is 1. The highest BCUT2D eigenvalue weighted by Gasteiger charge is 2.24. The molecule has 0 spiro atoms. The first-order chi connectivity index (χ1) is 14.8. The lowest BCUT2D eigenvalue weighted by Crippen LogP contribution is -2.43. The number of esters is 1. The summed E-state index contributed by atoms with van der Waals surface area (Å²) in [6, 6.07) is 4.85. The number of hydrogen-bond acceptors (Lipinski definition) is 6. The van der Waals surface area contributed by atoms with Crippen LogP contribution in [0, 0.1) is 5.82 Å². The number of alkyl halides is 2. The summed E-state index contributed by atoms with van der Waals surface area (Å²) in [4.78, 5) is 28.1. The number of anilines is 1. The number of carbonyl (C=O) groups excluding carboxylic acids is 2. The molecule has 0 saturated carbocycles. The van der Waals surface area contributed by atoms with E-state index >= 15 is 0 Å². The van der Waals surface area contributed by atoms with Crippen molar-refractivity contribution in [3.05, 3.63) is 47.5 Å². The highest BCUT2D eigenvalue weighted by Crippen LogP contribution is 2.26. The minimum Gasteiger partial charge on any atom is -0.461 e. The maximum Gasteiger partial charge on any atom is 0.413 e. The summed E-state index contributed by atoms with van der Waals surface area (Å²) in [5, 5.41) is 2.20. The Balaban J connectivity index is 2.40. The smallest absolute Gasteiger partial charge is 0.413 e. The Morgan fingerprint density at radius 3 is 2.55 bits per heavy atom. The number of amides is 1. The van der Waals surface area contributed by atoms with Gasteiger partial charge in [0, 0.05) is 6.20 Å². The van der Waals surface area contributed by atoms with Crippen LogP contribution in [0.15, 0.2) is 30.5 Å². The fraction of sp³-hybridized carbons (Fsp3) is 0.316. The summed E-state index contributed by atoms with van der Waals surface area (Å²) in [5.41, 5.74) is 0.586. The van der Waals surface area contributed by atoms with Crippen LogP contribution in [0.1, 0.15) is 29.9 Å². The molecule has 0 radical (unpaired) electrons. The van der Waals surface area contributed by atoms with Gasteiger partial charge in [-0.1, -0.05) is 6.07 Å². The molecule has 12 heteroatoms. The maximum absolute atomic E-state index is 13.8. The summed E-state index contributed by atoms with van der Waals surface area (Å²) < 4.78 is 52.8. The number of ether oxygens (including phenoxy) is 3. The quantitative estimate of drug-likeness (QED) is 0.456. The number of carbonyl (C=O) groups is 2. The first-order valence-electron chi connectivity index (χ1n) is 9.09. The second-order valence-corrected chi connectivity index (χ2v) is 6.23. The van der Waals surface area contributed by atoms with E-state index in [1.165, 1.54) is 23.2 Å². The van der Waals surface area contributed by atoms with Crippen molar-refractivity contribution >= 4 is 35.1 Å². The van der Waals surface area contributed by atoms with Crippen molar-refractivity contribution in [2.24, 2.45) is 0 Å². The Morgan fingerprint density at radius 2 is 1.90 bits per heavy atom. The molecule has 0 saturated heterocycles. The Hall–Kier alpha value is -3.28. The molecule has 2 aromatic rings. The second kappa shape index (κ2) is 11.2. The number of nitrogens with zero attached hydrogens (tertiary/aromatic N) is 1. The summed E-state index contributed by atoms with van der Waals surface area (Å²) in [6.45, 7) is 0.110. The van der Waals surface area contributed by atoms with Gasteiger partial charge in [0.15, 0.2) is 16.7 Å². The highest BCUT2D eigenvalue weighted by molar-refractivity contribution is 7.80. The normalized spacial score (nSPS) is 10.5. The fourth-order valence-corrected chi connectivity index (χ4v) is 2.80. The van der Waals surface area contributed by atoms with Gasteiger partial charge in [-0.2, -0.15) is 8.78 Å². The van der Waals surface area contributed by atoms with E-state index in [-0.39, 0.29) is 36.3 Å². The van der Waals surface area contributed by atoms with E-state index in [1.54, 1.807) is 13.8 Å². The van der Waals surface area contributed by atoms with Crippen LogP contribution >= 0.6 is 12.2 Å². The molecule has 1 amide bonds. The highest BCUT2D eigenvalue weighted by atomic mass is 32.1. The molecule has 0 aliphatic rings. The topological polar surface area (TPSA) is 92.9 Å². The molecule has 1 aromatic heterocycles. The van der Waals surface area contributed by atoms with Crippen LogP contribution in [0.25, 0.3) is 0 Å². The number of nitrogens with one attached hydrogen (secondary N) is 2. The molecule has 0 aliphatic heterocycles. The van der Waals surface area contributed by atoms with Crippen molar-refractivity contribution in [2.75, 3.05) is 18.1 Å². The van der Waals surface area contributed by atoms with Gasteiger partial charge in [-0.15, -0.1) is 0 Å². The summed E-state index contributed by atoms with van der Waals surface area (Å²) in [7, 11) is 0. The monoisotopic (exact) mass is 459 g/mol. The zero-order chi connectivity index (χ0) is 23.0. The van der Waals surface area contributed by atoms with Crippen molar-refractivity contribution in [1.82, 2.24) is 10.3 Å². The van der Waals surface area contributed by atoms with Gasteiger partial charge in [-0.05, 0) is 49.8 Å². The molecule has 31 heavy (non-hydrogen) atoms. The van der Waals surface area contributed by atoms with Gasteiger partial charge in [0.05, 0.1) is 25.4 Å². The van der Waals surface area contributed by atoms with Crippen molar-refractivity contribution in [2.45, 2.75) is 27.0 Å². The minimum absolute atomic E-state index is 0.0426. The number of hydrogen-bond donors (Lipinski definition) is 2. The van der Waals surface area contributed by atoms with Crippen LogP contribution in [0.4, 0.5) is 23.7 Å². The molecule has 1 aromatic carbocycles. The van der Waals surface area contributed by atoms with Gasteiger partial charge < -0.3 is 24.1 Å². The van der Waals surface area contributed by atoms with Crippen LogP contribution < -0.4 is 15.0 Å². The Labute approximate surface area is 181 Å². The Kier molecular flexibility index (Phi) is 8.67. The first kappa shape index (κ1) is 24.0. The average Bonchev–Trinajstić information content (AvgIpc) is 3.18. The van der Waals surface area contributed by atoms with E-state index in [0.29, 0.717) is 5.56 Å². The molecule has 1 heterocycles. The van der Waals surface area contributed by atoms with E-state index in [4.69, 9.17) is 21.7 Å². The number of halogens is 3. The zero-order valence-electron chi connectivity index (χ0n) is 16.6. The van der Waals surface area contributed by atoms with E-state index in [2.05, 4.69) is 15.0 Å². The van der Waals surface area contributed by atoms with Gasteiger partial charge in [0.2, 0.25) is 0 Å². The van der Waals surface area contributed by atoms with E-state index in [0.717, 1.165) is 12.1 Å². The van der Waals surface area contributed by atoms with Gasteiger partial charge in [0.25, 0.3) is 0 Å². The van der Waals surface area contributed by atoms with Gasteiger partial charge in [-0.3, -0.25) is 5.32 Å². The van der Waals surface area contributed by atoms with Gasteiger partial charge in [0.1, 0.15) is 5.69 Å². The lowest BCUT2D eigenvalue weighted by Gasteiger charge is -2.25. The van der Waals surface area contributed by atoms with Crippen LogP contribution in [0.5, 0.6) is 5.75 Å². The molecule has 2 N–H and O–H groups in total. The molecule has 8 nitrogen and oxygen atoms in total. The number of aromatic nitrogens is 1. The van der Waals surface area contributed by atoms with E-state index in [9.17, 15) is 22.8 Å². The molecule has 0 aliphatic carbocycles. The third kappa shape index (κ3) is 6.60. The average molecular weight is 459 g/mol. The number of benzene rings is 1. The third-order valence-electron chi connectivity index (χ3n) is 3.78. The molecule has 168 valence electrons. The van der Waals surface area contributed by atoms with E-state index < -0.39 is 30.2 Å². The Bertz CT molecular complexity index is 938.